The highest BCUT2D eigenvalue weighted by molar-refractivity contribution is 9.11. The molecule has 4 nitrogen and oxygen atoms in total. The molecule has 0 saturated carbocycles. The van der Waals surface area contributed by atoms with E-state index in [2.05, 4.69) is 20.7 Å². The first kappa shape index (κ1) is 17.3. The lowest BCUT2D eigenvalue weighted by Crippen LogP contribution is -2.13. The van der Waals surface area contributed by atoms with Crippen molar-refractivity contribution in [2.45, 2.75) is 11.4 Å². The molecule has 0 radical (unpaired) electrons. The second-order valence-electron chi connectivity index (χ2n) is 3.91. The fraction of sp³-hybridized carbons (Fsp3) is 0.0909. The van der Waals surface area contributed by atoms with Crippen molar-refractivity contribution < 1.29 is 8.42 Å². The third-order valence-electron chi connectivity index (χ3n) is 2.45. The minimum atomic E-state index is -3.81. The van der Waals surface area contributed by atoms with Crippen molar-refractivity contribution in [3.63, 3.8) is 0 Å². The molecule has 10 heteroatoms. The van der Waals surface area contributed by atoms with Gasteiger partial charge < -0.3 is 5.73 Å². The Labute approximate surface area is 149 Å². The summed E-state index contributed by atoms with van der Waals surface area (Å²) in [5.41, 5.74) is 5.66. The standard InChI is InChI=1S/C11H8BrCl3N2O2S2/c12-11-10(1-5(4-16)20-11)21(18,19)17-9-3-7(14)6(13)2-8(9)15/h1-3,17H,4,16H2. The van der Waals surface area contributed by atoms with Crippen LogP contribution in [0.2, 0.25) is 15.1 Å². The van der Waals surface area contributed by atoms with E-state index in [1.54, 1.807) is 0 Å². The van der Waals surface area contributed by atoms with Gasteiger partial charge in [-0.2, -0.15) is 0 Å². The summed E-state index contributed by atoms with van der Waals surface area (Å²) in [5, 5.41) is 0.593. The van der Waals surface area contributed by atoms with Crippen molar-refractivity contribution in [1.29, 1.82) is 0 Å². The highest BCUT2D eigenvalue weighted by Gasteiger charge is 2.22. The minimum absolute atomic E-state index is 0.0927. The van der Waals surface area contributed by atoms with Crippen LogP contribution < -0.4 is 10.5 Å². The van der Waals surface area contributed by atoms with Crippen molar-refractivity contribution in [2.24, 2.45) is 5.73 Å². The Hall–Kier alpha value is -0.0200. The minimum Gasteiger partial charge on any atom is -0.326 e. The van der Waals surface area contributed by atoms with Crippen molar-refractivity contribution in [1.82, 2.24) is 0 Å². The number of rotatable bonds is 4. The Morgan fingerprint density at radius 1 is 1.14 bits per heavy atom. The first-order valence-corrected chi connectivity index (χ1v) is 9.63. The smallest absolute Gasteiger partial charge is 0.263 e. The average Bonchev–Trinajstić information content (AvgIpc) is 2.78. The van der Waals surface area contributed by atoms with Crippen LogP contribution in [0.5, 0.6) is 0 Å². The number of anilines is 1. The molecule has 1 aromatic heterocycles. The third-order valence-corrected chi connectivity index (χ3v) is 7.13. The van der Waals surface area contributed by atoms with Crippen LogP contribution in [0.1, 0.15) is 4.88 Å². The predicted octanol–water partition coefficient (Wildman–Crippen LogP) is 4.73. The average molecular weight is 451 g/mol. The van der Waals surface area contributed by atoms with E-state index in [0.29, 0.717) is 3.79 Å². The highest BCUT2D eigenvalue weighted by Crippen LogP contribution is 2.36. The van der Waals surface area contributed by atoms with Gasteiger partial charge in [0.05, 0.1) is 24.5 Å². The van der Waals surface area contributed by atoms with Crippen molar-refractivity contribution in [3.8, 4) is 0 Å². The van der Waals surface area contributed by atoms with E-state index >= 15 is 0 Å². The van der Waals surface area contributed by atoms with Gasteiger partial charge in [0.15, 0.2) is 0 Å². The monoisotopic (exact) mass is 448 g/mol. The Morgan fingerprint density at radius 3 is 2.33 bits per heavy atom. The molecule has 3 N–H and O–H groups in total. The number of thiophene rings is 1. The Kier molecular flexibility index (Phi) is 5.46. The lowest BCUT2D eigenvalue weighted by atomic mass is 10.3. The lowest BCUT2D eigenvalue weighted by Gasteiger charge is -2.10. The van der Waals surface area contributed by atoms with Crippen LogP contribution in [-0.4, -0.2) is 8.42 Å². The molecule has 0 bridgehead atoms. The van der Waals surface area contributed by atoms with Gasteiger partial charge in [-0.05, 0) is 34.1 Å². The van der Waals surface area contributed by atoms with Gasteiger partial charge >= 0.3 is 0 Å². The lowest BCUT2D eigenvalue weighted by molar-refractivity contribution is 0.601. The van der Waals surface area contributed by atoms with Gasteiger partial charge in [0.2, 0.25) is 0 Å². The summed E-state index contributed by atoms with van der Waals surface area (Å²) in [6.07, 6.45) is 0. The maximum absolute atomic E-state index is 12.4. The summed E-state index contributed by atoms with van der Waals surface area (Å²) < 4.78 is 27.6. The second-order valence-corrected chi connectivity index (χ2v) is 9.23. The van der Waals surface area contributed by atoms with E-state index in [0.717, 1.165) is 4.88 Å². The van der Waals surface area contributed by atoms with Crippen LogP contribution in [0.25, 0.3) is 0 Å². The number of nitrogens with one attached hydrogen (secondary N) is 1. The van der Waals surface area contributed by atoms with Gasteiger partial charge in [0, 0.05) is 11.4 Å². The summed E-state index contributed by atoms with van der Waals surface area (Å²) in [5.74, 6) is 0. The maximum atomic E-state index is 12.4. The highest BCUT2D eigenvalue weighted by atomic mass is 79.9. The largest absolute Gasteiger partial charge is 0.326 e. The van der Waals surface area contributed by atoms with E-state index in [1.807, 2.05) is 0 Å². The third kappa shape index (κ3) is 3.85. The maximum Gasteiger partial charge on any atom is 0.263 e. The molecule has 0 spiro atoms. The molecule has 114 valence electrons. The molecule has 0 aliphatic carbocycles. The van der Waals surface area contributed by atoms with Crippen LogP contribution in [0.4, 0.5) is 5.69 Å². The van der Waals surface area contributed by atoms with E-state index in [4.69, 9.17) is 40.5 Å². The fourth-order valence-corrected chi connectivity index (χ4v) is 5.77. The first-order chi connectivity index (χ1) is 9.74. The van der Waals surface area contributed by atoms with E-state index in [9.17, 15) is 8.42 Å². The fourth-order valence-electron chi connectivity index (χ4n) is 1.48. The molecule has 0 atom stereocenters. The molecule has 0 aliphatic rings. The molecule has 1 heterocycles. The van der Waals surface area contributed by atoms with Gasteiger partial charge in [-0.25, -0.2) is 8.42 Å². The number of halogens is 4. The summed E-state index contributed by atoms with van der Waals surface area (Å²) in [6, 6.07) is 4.23. The zero-order valence-electron chi connectivity index (χ0n) is 10.2. The number of nitrogens with two attached hydrogens (primary N) is 1. The molecule has 21 heavy (non-hydrogen) atoms. The zero-order chi connectivity index (χ0) is 15.8. The molecule has 1 aromatic carbocycles. The van der Waals surface area contributed by atoms with Crippen LogP contribution in [-0.2, 0) is 16.6 Å². The van der Waals surface area contributed by atoms with Gasteiger partial charge in [-0.3, -0.25) is 4.72 Å². The molecule has 0 unspecified atom stereocenters. The normalized spacial score (nSPS) is 11.7. The Balaban J connectivity index is 2.42. The van der Waals surface area contributed by atoms with Crippen molar-refractivity contribution in [3.05, 3.63) is 41.9 Å². The van der Waals surface area contributed by atoms with Crippen molar-refractivity contribution >= 4 is 77.8 Å². The molecule has 2 rings (SSSR count). The number of hydrogen-bond acceptors (Lipinski definition) is 4. The van der Waals surface area contributed by atoms with Gasteiger partial charge in [0.1, 0.15) is 4.90 Å². The SMILES string of the molecule is NCc1cc(S(=O)(=O)Nc2cc(Cl)c(Cl)cc2Cl)c(Br)s1. The zero-order valence-corrected chi connectivity index (χ0v) is 15.6. The summed E-state index contributed by atoms with van der Waals surface area (Å²) in [7, 11) is -3.81. The molecular formula is C11H8BrCl3N2O2S2. The molecule has 0 saturated heterocycles. The first-order valence-electron chi connectivity index (χ1n) is 5.40. The van der Waals surface area contributed by atoms with E-state index in [-0.39, 0.29) is 32.2 Å². The summed E-state index contributed by atoms with van der Waals surface area (Å²) in [6.45, 7) is 0.256. The topological polar surface area (TPSA) is 72.2 Å². The number of hydrogen-bond donors (Lipinski definition) is 2. The predicted molar refractivity (Wildman–Crippen MR) is 92.2 cm³/mol. The van der Waals surface area contributed by atoms with Gasteiger partial charge in [-0.1, -0.05) is 34.8 Å². The van der Waals surface area contributed by atoms with Crippen LogP contribution in [0.3, 0.4) is 0 Å². The van der Waals surface area contributed by atoms with E-state index in [1.165, 1.54) is 29.5 Å². The Morgan fingerprint density at radius 2 is 1.76 bits per heavy atom. The molecule has 0 amide bonds. The second kappa shape index (κ2) is 6.62. The number of benzene rings is 1. The Bertz CT molecular complexity index is 793. The van der Waals surface area contributed by atoms with Crippen LogP contribution in [0, 0.1) is 0 Å². The molecule has 0 fully saturated rings. The van der Waals surface area contributed by atoms with E-state index < -0.39 is 10.0 Å². The summed E-state index contributed by atoms with van der Waals surface area (Å²) in [4.78, 5) is 0.831. The van der Waals surface area contributed by atoms with Gasteiger partial charge in [0.25, 0.3) is 10.0 Å². The number of sulfonamides is 1. The molecule has 0 aliphatic heterocycles. The molecule has 2 aromatic rings. The van der Waals surface area contributed by atoms with Gasteiger partial charge in [-0.15, -0.1) is 11.3 Å². The quantitative estimate of drug-likeness (QED) is 0.662. The molecular weight excluding hydrogens is 443 g/mol. The summed E-state index contributed by atoms with van der Waals surface area (Å²) >= 11 is 22.1. The van der Waals surface area contributed by atoms with Crippen molar-refractivity contribution in [2.75, 3.05) is 4.72 Å². The van der Waals surface area contributed by atoms with Crippen LogP contribution in [0.15, 0.2) is 26.9 Å². The van der Waals surface area contributed by atoms with Crippen LogP contribution >= 0.6 is 62.1 Å².